The van der Waals surface area contributed by atoms with Gasteiger partial charge in [-0.05, 0) is 18.2 Å². The fourth-order valence-corrected chi connectivity index (χ4v) is 2.19. The largest absolute Gasteiger partial charge is 0.497 e. The summed E-state index contributed by atoms with van der Waals surface area (Å²) >= 11 is 1.40. The highest BCUT2D eigenvalue weighted by Crippen LogP contribution is 2.34. The molecule has 1 N–H and O–H groups in total. The molecule has 1 heterocycles. The van der Waals surface area contributed by atoms with Crippen molar-refractivity contribution in [1.29, 1.82) is 0 Å². The summed E-state index contributed by atoms with van der Waals surface area (Å²) in [5.41, 5.74) is 2.36. The molecule has 1 unspecified atom stereocenters. The van der Waals surface area contributed by atoms with Crippen LogP contribution in [0.4, 0.5) is 0 Å². The minimum Gasteiger partial charge on any atom is -0.497 e. The Morgan fingerprint density at radius 1 is 1.29 bits per heavy atom. The van der Waals surface area contributed by atoms with Gasteiger partial charge in [0.05, 0.1) is 24.6 Å². The molecule has 0 aliphatic carbocycles. The Morgan fingerprint density at radius 3 is 2.71 bits per heavy atom. The van der Waals surface area contributed by atoms with Gasteiger partial charge in [-0.25, -0.2) is 0 Å². The van der Waals surface area contributed by atoms with Crippen molar-refractivity contribution in [3.8, 4) is 11.5 Å². The van der Waals surface area contributed by atoms with Crippen LogP contribution in [0.1, 0.15) is 16.5 Å². The van der Waals surface area contributed by atoms with Crippen LogP contribution >= 0.6 is 11.3 Å². The summed E-state index contributed by atoms with van der Waals surface area (Å²) in [4.78, 5) is 4.73. The normalized spacial score (nSPS) is 12.2. The first-order chi connectivity index (χ1) is 8.26. The number of hydrogen-bond acceptors (Lipinski definition) is 5. The molecule has 2 rings (SSSR count). The van der Waals surface area contributed by atoms with Crippen molar-refractivity contribution < 1.29 is 14.6 Å². The number of nitrogens with zero attached hydrogens (tertiary/aromatic N) is 1. The number of aliphatic hydroxyl groups is 1. The molecule has 0 saturated heterocycles. The third kappa shape index (κ3) is 2.40. The topological polar surface area (TPSA) is 51.6 Å². The molecule has 1 aromatic heterocycles. The van der Waals surface area contributed by atoms with Gasteiger partial charge in [-0.3, -0.25) is 4.98 Å². The number of hydrogen-bond donors (Lipinski definition) is 1. The fraction of sp³-hybridized carbons (Fsp3) is 0.250. The predicted octanol–water partition coefficient (Wildman–Crippen LogP) is 2.24. The maximum atomic E-state index is 10.2. The first kappa shape index (κ1) is 11.9. The van der Waals surface area contributed by atoms with Gasteiger partial charge < -0.3 is 14.6 Å². The summed E-state index contributed by atoms with van der Waals surface area (Å²) in [6, 6.07) is 5.34. The number of methoxy groups -OCH3 is 2. The molecule has 0 amide bonds. The second-order valence-electron chi connectivity index (χ2n) is 3.41. The van der Waals surface area contributed by atoms with E-state index in [1.165, 1.54) is 11.3 Å². The summed E-state index contributed by atoms with van der Waals surface area (Å²) in [5.74, 6) is 1.32. The van der Waals surface area contributed by atoms with Gasteiger partial charge in [0, 0.05) is 11.8 Å². The zero-order valence-corrected chi connectivity index (χ0v) is 10.4. The Balaban J connectivity index is 2.41. The van der Waals surface area contributed by atoms with Crippen LogP contribution in [0.5, 0.6) is 11.5 Å². The van der Waals surface area contributed by atoms with Crippen LogP contribution in [0.25, 0.3) is 0 Å². The third-order valence-corrected chi connectivity index (χ3v) is 3.28. The van der Waals surface area contributed by atoms with Crippen LogP contribution in [0.3, 0.4) is 0 Å². The molecule has 0 aliphatic heterocycles. The zero-order chi connectivity index (χ0) is 12.3. The lowest BCUT2D eigenvalue weighted by Gasteiger charge is -2.14. The molecule has 0 bridgehead atoms. The van der Waals surface area contributed by atoms with E-state index in [-0.39, 0.29) is 0 Å². The van der Waals surface area contributed by atoms with Crippen molar-refractivity contribution in [2.45, 2.75) is 6.10 Å². The number of aromatic nitrogens is 1. The van der Waals surface area contributed by atoms with E-state index in [0.717, 1.165) is 4.88 Å². The van der Waals surface area contributed by atoms with Crippen LogP contribution < -0.4 is 9.47 Å². The first-order valence-electron chi connectivity index (χ1n) is 5.04. The van der Waals surface area contributed by atoms with Gasteiger partial charge in [0.25, 0.3) is 0 Å². The maximum Gasteiger partial charge on any atom is 0.125 e. The minimum atomic E-state index is -0.743. The van der Waals surface area contributed by atoms with Crippen LogP contribution in [-0.4, -0.2) is 24.3 Å². The Hall–Kier alpha value is -1.59. The lowest BCUT2D eigenvalue weighted by molar-refractivity contribution is 0.217. The molecule has 17 heavy (non-hydrogen) atoms. The van der Waals surface area contributed by atoms with E-state index in [0.29, 0.717) is 17.1 Å². The molecule has 0 spiro atoms. The van der Waals surface area contributed by atoms with E-state index in [4.69, 9.17) is 9.47 Å². The highest BCUT2D eigenvalue weighted by molar-refractivity contribution is 7.09. The number of benzene rings is 1. The van der Waals surface area contributed by atoms with Crippen molar-refractivity contribution >= 4 is 11.3 Å². The van der Waals surface area contributed by atoms with E-state index < -0.39 is 6.10 Å². The molecule has 1 atom stereocenters. The van der Waals surface area contributed by atoms with E-state index in [9.17, 15) is 5.11 Å². The van der Waals surface area contributed by atoms with Crippen molar-refractivity contribution in [2.75, 3.05) is 14.2 Å². The van der Waals surface area contributed by atoms with E-state index in [1.54, 1.807) is 44.1 Å². The van der Waals surface area contributed by atoms with Gasteiger partial charge >= 0.3 is 0 Å². The van der Waals surface area contributed by atoms with Gasteiger partial charge in [0.1, 0.15) is 17.6 Å². The molecule has 90 valence electrons. The summed E-state index contributed by atoms with van der Waals surface area (Å²) < 4.78 is 10.4. The molecular formula is C12H13NO3S. The number of rotatable bonds is 4. The zero-order valence-electron chi connectivity index (χ0n) is 9.58. The van der Waals surface area contributed by atoms with Crippen LogP contribution in [0.15, 0.2) is 29.9 Å². The molecule has 5 heteroatoms. The number of ether oxygens (including phenoxy) is 2. The first-order valence-corrected chi connectivity index (χ1v) is 5.92. The quantitative estimate of drug-likeness (QED) is 0.905. The van der Waals surface area contributed by atoms with E-state index in [2.05, 4.69) is 4.98 Å². The van der Waals surface area contributed by atoms with Gasteiger partial charge in [-0.1, -0.05) is 0 Å². The summed E-state index contributed by atoms with van der Waals surface area (Å²) in [6.45, 7) is 0. The van der Waals surface area contributed by atoms with Gasteiger partial charge in [0.15, 0.2) is 0 Å². The molecule has 0 fully saturated rings. The molecule has 2 aromatic rings. The van der Waals surface area contributed by atoms with Crippen molar-refractivity contribution in [3.05, 3.63) is 40.3 Å². The molecule has 0 saturated carbocycles. The van der Waals surface area contributed by atoms with E-state index in [1.807, 2.05) is 0 Å². The van der Waals surface area contributed by atoms with Crippen molar-refractivity contribution in [1.82, 2.24) is 4.98 Å². The van der Waals surface area contributed by atoms with Gasteiger partial charge in [-0.2, -0.15) is 0 Å². The third-order valence-electron chi connectivity index (χ3n) is 2.45. The second-order valence-corrected chi connectivity index (χ2v) is 4.33. The van der Waals surface area contributed by atoms with Gasteiger partial charge in [-0.15, -0.1) is 11.3 Å². The smallest absolute Gasteiger partial charge is 0.125 e. The average Bonchev–Trinajstić information content (AvgIpc) is 2.91. The Kier molecular flexibility index (Phi) is 3.61. The summed E-state index contributed by atoms with van der Waals surface area (Å²) in [7, 11) is 3.16. The monoisotopic (exact) mass is 251 g/mol. The molecule has 0 radical (unpaired) electrons. The lowest BCUT2D eigenvalue weighted by Crippen LogP contribution is -2.01. The fourth-order valence-electron chi connectivity index (χ4n) is 1.57. The second kappa shape index (κ2) is 5.16. The standard InChI is InChI=1S/C12H13NO3S/c1-15-8-3-4-10(16-2)9(5-8)12(14)11-6-13-7-17-11/h3-7,12,14H,1-2H3. The minimum absolute atomic E-state index is 0.631. The maximum absolute atomic E-state index is 10.2. The van der Waals surface area contributed by atoms with E-state index >= 15 is 0 Å². The Labute approximate surface area is 103 Å². The number of aliphatic hydroxyl groups excluding tert-OH is 1. The predicted molar refractivity (Wildman–Crippen MR) is 65.7 cm³/mol. The molecule has 0 aliphatic rings. The summed E-state index contributed by atoms with van der Waals surface area (Å²) in [6.07, 6.45) is 0.904. The summed E-state index contributed by atoms with van der Waals surface area (Å²) in [5, 5.41) is 10.2. The Morgan fingerprint density at radius 2 is 2.12 bits per heavy atom. The van der Waals surface area contributed by atoms with Crippen molar-refractivity contribution in [3.63, 3.8) is 0 Å². The number of thiazole rings is 1. The highest BCUT2D eigenvalue weighted by atomic mass is 32.1. The molecule has 4 nitrogen and oxygen atoms in total. The van der Waals surface area contributed by atoms with Crippen LogP contribution in [0.2, 0.25) is 0 Å². The molecule has 1 aromatic carbocycles. The lowest BCUT2D eigenvalue weighted by atomic mass is 10.1. The Bertz CT molecular complexity index is 485. The average molecular weight is 251 g/mol. The molecular weight excluding hydrogens is 238 g/mol. The van der Waals surface area contributed by atoms with Gasteiger partial charge in [0.2, 0.25) is 0 Å². The van der Waals surface area contributed by atoms with Crippen LogP contribution in [0, 0.1) is 0 Å². The van der Waals surface area contributed by atoms with Crippen LogP contribution in [-0.2, 0) is 0 Å². The van der Waals surface area contributed by atoms with Crippen molar-refractivity contribution in [2.24, 2.45) is 0 Å². The SMILES string of the molecule is COc1ccc(OC)c(C(O)c2cncs2)c1. The highest BCUT2D eigenvalue weighted by Gasteiger charge is 2.17.